The fourth-order valence-corrected chi connectivity index (χ4v) is 13.4. The molecule has 0 heteroatoms. The maximum absolute atomic E-state index is 2.46. The summed E-state index contributed by atoms with van der Waals surface area (Å²) in [5.41, 5.74) is 1.21. The molecule has 7 saturated carbocycles. The van der Waals surface area contributed by atoms with E-state index in [1.807, 2.05) is 0 Å². The van der Waals surface area contributed by atoms with Crippen LogP contribution in [0, 0.1) is 81.8 Å². The predicted octanol–water partition coefficient (Wildman–Crippen LogP) is 20.0. The van der Waals surface area contributed by atoms with Crippen molar-refractivity contribution in [1.82, 2.24) is 0 Å². The topological polar surface area (TPSA) is 0 Å². The van der Waals surface area contributed by atoms with Crippen molar-refractivity contribution < 1.29 is 0 Å². The molecule has 7 aliphatic carbocycles. The van der Waals surface area contributed by atoms with Crippen LogP contribution in [0.5, 0.6) is 0 Å². The van der Waals surface area contributed by atoms with Crippen molar-refractivity contribution in [2.45, 2.75) is 283 Å². The van der Waals surface area contributed by atoms with Crippen LogP contribution in [0.2, 0.25) is 0 Å². The van der Waals surface area contributed by atoms with Gasteiger partial charge in [-0.2, -0.15) is 0 Å². The van der Waals surface area contributed by atoms with Gasteiger partial charge in [-0.15, -0.1) is 0 Å². The Morgan fingerprint density at radius 3 is 1.07 bits per heavy atom. The molecular formula is C57H112. The van der Waals surface area contributed by atoms with E-state index in [9.17, 15) is 0 Å². The largest absolute Gasteiger partial charge is 0.0656 e. The van der Waals surface area contributed by atoms with E-state index in [1.54, 1.807) is 32.1 Å². The third-order valence-electron chi connectivity index (χ3n) is 17.3. The van der Waals surface area contributed by atoms with E-state index in [2.05, 4.69) is 96.9 Å². The van der Waals surface area contributed by atoms with Crippen molar-refractivity contribution in [3.8, 4) is 0 Å². The standard InChI is InChI=1S/C15H28.C12H24.C10H20.C9H16.C8H16.C3H8/c1-12-3-7-14(8-4-12)11-15-9-5-13(2)6-10-15;1-6-12(5)8-10(2)7-11(3,4)9-12;1-3-9-5-7-10(4-2)8-6-9;1-2-8-5-7-3-4-9(8)6-7;1-7-3-5-8(2)6-4-7;1-3-2/h12-15H,3-11H2,1-2H3;10H,6-9H2,1-5H3;9-10H,3-8H2,1-2H3;7-9H,2-6H2,1H3;7-8H,3-6H2,1-2H3;3H2,1-2H3. The molecule has 0 aliphatic heterocycles. The van der Waals surface area contributed by atoms with Crippen molar-refractivity contribution in [2.75, 3.05) is 0 Å². The first kappa shape index (κ1) is 53.1. The van der Waals surface area contributed by atoms with Crippen LogP contribution in [0.1, 0.15) is 283 Å². The minimum Gasteiger partial charge on any atom is -0.0656 e. The third-order valence-corrected chi connectivity index (χ3v) is 17.3. The number of rotatable bonds is 6. The highest BCUT2D eigenvalue weighted by molar-refractivity contribution is 4.90. The van der Waals surface area contributed by atoms with E-state index >= 15 is 0 Å². The lowest BCUT2D eigenvalue weighted by Gasteiger charge is -2.45. The normalized spacial score (nSPS) is 39.5. The monoisotopic (exact) mass is 797 g/mol. The van der Waals surface area contributed by atoms with Gasteiger partial charge in [-0.1, -0.05) is 238 Å². The van der Waals surface area contributed by atoms with Crippen LogP contribution in [-0.4, -0.2) is 0 Å². The summed E-state index contributed by atoms with van der Waals surface area (Å²) in [7, 11) is 0. The van der Waals surface area contributed by atoms with Crippen LogP contribution >= 0.6 is 0 Å². The minimum atomic E-state index is 0.586. The Balaban J connectivity index is 0.000000245. The minimum absolute atomic E-state index is 0.586. The van der Waals surface area contributed by atoms with Crippen LogP contribution in [0.3, 0.4) is 0 Å². The van der Waals surface area contributed by atoms with Crippen LogP contribution < -0.4 is 0 Å². The summed E-state index contributed by atoms with van der Waals surface area (Å²) in [6.45, 7) is 32.9. The smallest absolute Gasteiger partial charge is 0.0321 e. The zero-order chi connectivity index (χ0) is 42.4. The van der Waals surface area contributed by atoms with Gasteiger partial charge in [0.1, 0.15) is 0 Å². The lowest BCUT2D eigenvalue weighted by molar-refractivity contribution is 0.0581. The molecule has 0 saturated heterocycles. The van der Waals surface area contributed by atoms with Crippen LogP contribution in [-0.2, 0) is 0 Å². The SMILES string of the molecule is CC1CCC(C)CC1.CC1CCC(CC2CCC(C)CC2)CC1.CCC.CCC1(C)CC(C)CC(C)(C)C1.CCC1CC2CCC1C2.CCC1CCC(CC)CC1. The predicted molar refractivity (Wildman–Crippen MR) is 260 cm³/mol. The summed E-state index contributed by atoms with van der Waals surface area (Å²) in [6.07, 6.45) is 43.1. The summed E-state index contributed by atoms with van der Waals surface area (Å²) in [5.74, 6) is 12.8. The maximum Gasteiger partial charge on any atom is -0.0321 e. The maximum atomic E-state index is 2.46. The Labute approximate surface area is 363 Å². The van der Waals surface area contributed by atoms with E-state index in [0.29, 0.717) is 10.8 Å². The molecule has 0 spiro atoms. The van der Waals surface area contributed by atoms with Gasteiger partial charge in [0.2, 0.25) is 0 Å². The van der Waals surface area contributed by atoms with Gasteiger partial charge in [0, 0.05) is 0 Å². The van der Waals surface area contributed by atoms with E-state index in [0.717, 1.165) is 71.0 Å². The quantitative estimate of drug-likeness (QED) is 0.251. The molecule has 0 aromatic carbocycles. The van der Waals surface area contributed by atoms with Crippen molar-refractivity contribution in [2.24, 2.45) is 81.8 Å². The molecule has 0 amide bonds. The Bertz CT molecular complexity index is 887. The second-order valence-corrected chi connectivity index (χ2v) is 24.1. The zero-order valence-corrected chi connectivity index (χ0v) is 42.4. The van der Waals surface area contributed by atoms with E-state index in [-0.39, 0.29) is 0 Å². The highest BCUT2D eigenvalue weighted by Crippen LogP contribution is 2.50. The van der Waals surface area contributed by atoms with Gasteiger partial charge in [0.15, 0.2) is 0 Å². The van der Waals surface area contributed by atoms with Gasteiger partial charge in [0.25, 0.3) is 0 Å². The fraction of sp³-hybridized carbons (Fsp3) is 1.00. The second kappa shape index (κ2) is 28.6. The molecule has 0 heterocycles. The average Bonchev–Trinajstić information content (AvgIpc) is 3.83. The summed E-state index contributed by atoms with van der Waals surface area (Å²) < 4.78 is 0. The first-order valence-corrected chi connectivity index (χ1v) is 27.1. The van der Waals surface area contributed by atoms with Crippen molar-refractivity contribution in [3.63, 3.8) is 0 Å². The number of hydrogen-bond acceptors (Lipinski definition) is 0. The average molecular weight is 798 g/mol. The van der Waals surface area contributed by atoms with Crippen molar-refractivity contribution >= 4 is 0 Å². The summed E-state index contributed by atoms with van der Waals surface area (Å²) >= 11 is 0. The molecular weight excluding hydrogens is 685 g/mol. The first-order chi connectivity index (χ1) is 27.1. The molecule has 0 radical (unpaired) electrons. The van der Waals surface area contributed by atoms with E-state index in [4.69, 9.17) is 0 Å². The van der Waals surface area contributed by atoms with Crippen LogP contribution in [0.25, 0.3) is 0 Å². The molecule has 7 aliphatic rings. The summed E-state index contributed by atoms with van der Waals surface area (Å²) in [6, 6.07) is 0. The Morgan fingerprint density at radius 2 is 0.789 bits per heavy atom. The molecule has 0 aromatic heterocycles. The molecule has 2 bridgehead atoms. The van der Waals surface area contributed by atoms with Gasteiger partial charge in [0.05, 0.1) is 0 Å². The summed E-state index contributed by atoms with van der Waals surface area (Å²) in [4.78, 5) is 0. The van der Waals surface area contributed by atoms with E-state index < -0.39 is 0 Å². The molecule has 7 fully saturated rings. The van der Waals surface area contributed by atoms with Gasteiger partial charge < -0.3 is 0 Å². The lowest BCUT2D eigenvalue weighted by atomic mass is 9.60. The number of hydrogen-bond donors (Lipinski definition) is 0. The molecule has 57 heavy (non-hydrogen) atoms. The number of fused-ring (bicyclic) bond motifs is 2. The van der Waals surface area contributed by atoms with Crippen LogP contribution in [0.4, 0.5) is 0 Å². The zero-order valence-electron chi connectivity index (χ0n) is 42.4. The third kappa shape index (κ3) is 22.1. The van der Waals surface area contributed by atoms with Gasteiger partial charge in [-0.05, 0) is 127 Å². The highest BCUT2D eigenvalue weighted by atomic mass is 14.4. The van der Waals surface area contributed by atoms with Gasteiger partial charge >= 0.3 is 0 Å². The fourth-order valence-electron chi connectivity index (χ4n) is 13.4. The van der Waals surface area contributed by atoms with Gasteiger partial charge in [-0.25, -0.2) is 0 Å². The molecule has 7 rings (SSSR count). The van der Waals surface area contributed by atoms with Crippen molar-refractivity contribution in [1.29, 1.82) is 0 Å². The first-order valence-electron chi connectivity index (χ1n) is 27.1. The van der Waals surface area contributed by atoms with Crippen LogP contribution in [0.15, 0.2) is 0 Å². The Morgan fingerprint density at radius 1 is 0.404 bits per heavy atom. The van der Waals surface area contributed by atoms with Crippen molar-refractivity contribution in [3.05, 3.63) is 0 Å². The molecule has 0 N–H and O–H groups in total. The second-order valence-electron chi connectivity index (χ2n) is 24.1. The highest BCUT2D eigenvalue weighted by Gasteiger charge is 2.39. The molecule has 0 nitrogen and oxygen atoms in total. The van der Waals surface area contributed by atoms with E-state index in [1.165, 1.54) is 154 Å². The molecule has 0 aromatic rings. The molecule has 5 unspecified atom stereocenters. The molecule has 5 atom stereocenters. The Hall–Kier alpha value is 0. The molecule has 340 valence electrons. The Kier molecular flexibility index (Phi) is 26.6. The lowest BCUT2D eigenvalue weighted by Crippen LogP contribution is -2.34. The van der Waals surface area contributed by atoms with Gasteiger partial charge in [-0.3, -0.25) is 0 Å². The summed E-state index contributed by atoms with van der Waals surface area (Å²) in [5, 5.41) is 0.